The minimum absolute atomic E-state index is 0.101. The minimum atomic E-state index is -0.358. The first kappa shape index (κ1) is 24.5. The molecule has 1 heterocycles. The lowest BCUT2D eigenvalue weighted by Gasteiger charge is -2.28. The average Bonchev–Trinajstić information content (AvgIpc) is 3.28. The van der Waals surface area contributed by atoms with Gasteiger partial charge in [-0.1, -0.05) is 38.1 Å². The second-order valence-corrected chi connectivity index (χ2v) is 8.99. The number of carbonyl (C=O) groups excluding carboxylic acids is 2. The third-order valence-corrected chi connectivity index (χ3v) is 5.57. The van der Waals surface area contributed by atoms with Crippen LogP contribution in [0, 0.1) is 11.7 Å². The van der Waals surface area contributed by atoms with Crippen molar-refractivity contribution in [2.45, 2.75) is 26.9 Å². The highest BCUT2D eigenvalue weighted by molar-refractivity contribution is 9.10. The van der Waals surface area contributed by atoms with E-state index in [1.54, 1.807) is 41.5 Å². The molecule has 174 valence electrons. The maximum absolute atomic E-state index is 13.3. The van der Waals surface area contributed by atoms with Gasteiger partial charge in [0.1, 0.15) is 18.1 Å². The summed E-state index contributed by atoms with van der Waals surface area (Å²) >= 11 is 3.43. The van der Waals surface area contributed by atoms with Crippen molar-refractivity contribution in [3.05, 3.63) is 88.5 Å². The highest BCUT2D eigenvalue weighted by Gasteiger charge is 2.23. The lowest BCUT2D eigenvalue weighted by Crippen LogP contribution is -2.45. The zero-order chi connectivity index (χ0) is 23.8. The summed E-state index contributed by atoms with van der Waals surface area (Å²) in [5.41, 5.74) is 1.41. The summed E-state index contributed by atoms with van der Waals surface area (Å²) in [6.45, 7) is 4.79. The molecular weight excluding hydrogens is 489 g/mol. The van der Waals surface area contributed by atoms with Crippen molar-refractivity contribution in [2.75, 3.05) is 18.4 Å². The van der Waals surface area contributed by atoms with E-state index in [0.29, 0.717) is 18.0 Å². The molecule has 0 spiro atoms. The number of halogens is 2. The van der Waals surface area contributed by atoms with Gasteiger partial charge in [-0.05, 0) is 63.8 Å². The van der Waals surface area contributed by atoms with E-state index in [1.165, 1.54) is 17.0 Å². The monoisotopic (exact) mass is 515 g/mol. The second kappa shape index (κ2) is 11.7. The van der Waals surface area contributed by atoms with Gasteiger partial charge in [-0.25, -0.2) is 9.18 Å². The van der Waals surface area contributed by atoms with Crippen LogP contribution in [0.1, 0.15) is 25.2 Å². The molecule has 0 fully saturated rings. The van der Waals surface area contributed by atoms with E-state index < -0.39 is 0 Å². The SMILES string of the molecule is CC(C)CN(CC(=O)N(Cc1ccc(F)cc1)Cc1ccco1)C(=O)Nc1ccccc1Br. The Labute approximate surface area is 201 Å². The number of urea groups is 1. The van der Waals surface area contributed by atoms with E-state index in [2.05, 4.69) is 21.2 Å². The van der Waals surface area contributed by atoms with Crippen LogP contribution in [-0.2, 0) is 17.9 Å². The summed E-state index contributed by atoms with van der Waals surface area (Å²) in [5.74, 6) is 0.213. The first-order chi connectivity index (χ1) is 15.8. The zero-order valence-electron chi connectivity index (χ0n) is 18.6. The van der Waals surface area contributed by atoms with Gasteiger partial charge in [0.05, 0.1) is 18.5 Å². The van der Waals surface area contributed by atoms with Crippen LogP contribution < -0.4 is 5.32 Å². The lowest BCUT2D eigenvalue weighted by atomic mass is 10.2. The van der Waals surface area contributed by atoms with Gasteiger partial charge < -0.3 is 19.5 Å². The molecule has 0 saturated heterocycles. The number of rotatable bonds is 9. The number of nitrogens with zero attached hydrogens (tertiary/aromatic N) is 2. The van der Waals surface area contributed by atoms with E-state index in [4.69, 9.17) is 4.42 Å². The van der Waals surface area contributed by atoms with E-state index in [1.807, 2.05) is 32.0 Å². The summed E-state index contributed by atoms with van der Waals surface area (Å²) in [6, 6.07) is 16.5. The van der Waals surface area contributed by atoms with Crippen molar-refractivity contribution in [1.82, 2.24) is 9.80 Å². The molecule has 3 rings (SSSR count). The van der Waals surface area contributed by atoms with Gasteiger partial charge in [0, 0.05) is 17.6 Å². The summed E-state index contributed by atoms with van der Waals surface area (Å²) in [7, 11) is 0. The molecule has 0 aliphatic heterocycles. The van der Waals surface area contributed by atoms with E-state index >= 15 is 0 Å². The van der Waals surface area contributed by atoms with Crippen LogP contribution in [0.4, 0.5) is 14.9 Å². The number of nitrogens with one attached hydrogen (secondary N) is 1. The Balaban J connectivity index is 1.77. The van der Waals surface area contributed by atoms with Crippen LogP contribution in [0.25, 0.3) is 0 Å². The van der Waals surface area contributed by atoms with Crippen LogP contribution in [0.2, 0.25) is 0 Å². The maximum atomic E-state index is 13.3. The van der Waals surface area contributed by atoms with Gasteiger partial charge in [-0.2, -0.15) is 0 Å². The van der Waals surface area contributed by atoms with Gasteiger partial charge in [0.15, 0.2) is 0 Å². The molecule has 6 nitrogen and oxygen atoms in total. The Hall–Kier alpha value is -3.13. The Morgan fingerprint density at radius 1 is 1.00 bits per heavy atom. The lowest BCUT2D eigenvalue weighted by molar-refractivity contribution is -0.133. The molecule has 8 heteroatoms. The molecular formula is C25H27BrFN3O3. The number of hydrogen-bond acceptors (Lipinski definition) is 3. The molecule has 0 unspecified atom stereocenters. The average molecular weight is 516 g/mol. The smallest absolute Gasteiger partial charge is 0.322 e. The van der Waals surface area contributed by atoms with Crippen molar-refractivity contribution in [3.8, 4) is 0 Å². The molecule has 0 radical (unpaired) electrons. The standard InChI is InChI=1S/C25H27BrFN3O3/c1-18(2)14-30(25(32)28-23-8-4-3-7-22(23)26)17-24(31)29(16-21-6-5-13-33-21)15-19-9-11-20(27)12-10-19/h3-13,18H,14-17H2,1-2H3,(H,28,32). The van der Waals surface area contributed by atoms with E-state index in [9.17, 15) is 14.0 Å². The minimum Gasteiger partial charge on any atom is -0.467 e. The largest absolute Gasteiger partial charge is 0.467 e. The van der Waals surface area contributed by atoms with Crippen LogP contribution in [0.15, 0.2) is 75.8 Å². The molecule has 1 N–H and O–H groups in total. The molecule has 0 saturated carbocycles. The molecule has 2 aromatic carbocycles. The summed E-state index contributed by atoms with van der Waals surface area (Å²) < 4.78 is 19.5. The first-order valence-electron chi connectivity index (χ1n) is 10.7. The molecule has 3 aromatic rings. The number of benzene rings is 2. The molecule has 0 bridgehead atoms. The summed E-state index contributed by atoms with van der Waals surface area (Å²) in [6.07, 6.45) is 1.55. The van der Waals surface area contributed by atoms with E-state index in [0.717, 1.165) is 10.0 Å². The van der Waals surface area contributed by atoms with E-state index in [-0.39, 0.29) is 43.3 Å². The van der Waals surface area contributed by atoms with Crippen LogP contribution in [0.5, 0.6) is 0 Å². The third kappa shape index (κ3) is 7.46. The second-order valence-electron chi connectivity index (χ2n) is 8.14. The zero-order valence-corrected chi connectivity index (χ0v) is 20.2. The fraction of sp³-hybridized carbons (Fsp3) is 0.280. The molecule has 33 heavy (non-hydrogen) atoms. The normalized spacial score (nSPS) is 10.8. The van der Waals surface area contributed by atoms with Crippen molar-refractivity contribution >= 4 is 33.6 Å². The predicted molar refractivity (Wildman–Crippen MR) is 129 cm³/mol. The maximum Gasteiger partial charge on any atom is 0.322 e. The number of hydrogen-bond donors (Lipinski definition) is 1. The number of furan rings is 1. The Kier molecular flexibility index (Phi) is 8.65. The number of para-hydroxylation sites is 1. The van der Waals surface area contributed by atoms with Crippen LogP contribution in [0.3, 0.4) is 0 Å². The molecule has 1 aromatic heterocycles. The Morgan fingerprint density at radius 2 is 1.73 bits per heavy atom. The number of amides is 3. The molecule has 0 aliphatic rings. The number of anilines is 1. The summed E-state index contributed by atoms with van der Waals surface area (Å²) in [4.78, 5) is 29.5. The quantitative estimate of drug-likeness (QED) is 0.385. The van der Waals surface area contributed by atoms with Crippen molar-refractivity contribution in [3.63, 3.8) is 0 Å². The molecule has 3 amide bonds. The molecule has 0 aliphatic carbocycles. The van der Waals surface area contributed by atoms with Gasteiger partial charge in [-0.15, -0.1) is 0 Å². The van der Waals surface area contributed by atoms with Gasteiger partial charge in [0.25, 0.3) is 0 Å². The van der Waals surface area contributed by atoms with Gasteiger partial charge in [0.2, 0.25) is 5.91 Å². The Morgan fingerprint density at radius 3 is 2.36 bits per heavy atom. The summed E-state index contributed by atoms with van der Waals surface area (Å²) in [5, 5.41) is 2.87. The first-order valence-corrected chi connectivity index (χ1v) is 11.5. The van der Waals surface area contributed by atoms with Crippen LogP contribution in [-0.4, -0.2) is 34.8 Å². The molecule has 0 atom stereocenters. The fourth-order valence-electron chi connectivity index (χ4n) is 3.31. The highest BCUT2D eigenvalue weighted by atomic mass is 79.9. The van der Waals surface area contributed by atoms with Crippen LogP contribution >= 0.6 is 15.9 Å². The van der Waals surface area contributed by atoms with Gasteiger partial charge in [-0.3, -0.25) is 4.79 Å². The third-order valence-electron chi connectivity index (χ3n) is 4.88. The van der Waals surface area contributed by atoms with Crippen molar-refractivity contribution < 1.29 is 18.4 Å². The highest BCUT2D eigenvalue weighted by Crippen LogP contribution is 2.22. The fourth-order valence-corrected chi connectivity index (χ4v) is 3.70. The van der Waals surface area contributed by atoms with Crippen molar-refractivity contribution in [2.24, 2.45) is 5.92 Å². The van der Waals surface area contributed by atoms with Gasteiger partial charge >= 0.3 is 6.03 Å². The Bertz CT molecular complexity index is 1060. The van der Waals surface area contributed by atoms with Crippen molar-refractivity contribution in [1.29, 1.82) is 0 Å². The topological polar surface area (TPSA) is 65.8 Å². The predicted octanol–water partition coefficient (Wildman–Crippen LogP) is 5.90. The number of carbonyl (C=O) groups is 2.